The first kappa shape index (κ1) is 12.2. The quantitative estimate of drug-likeness (QED) is 0.542. The summed E-state index contributed by atoms with van der Waals surface area (Å²) in [5.74, 6) is 3.77. The second kappa shape index (κ2) is 4.20. The highest BCUT2D eigenvalue weighted by Crippen LogP contribution is 2.48. The van der Waals surface area contributed by atoms with Crippen molar-refractivity contribution in [3.05, 3.63) is 11.6 Å². The zero-order valence-corrected chi connectivity index (χ0v) is 11.7. The van der Waals surface area contributed by atoms with E-state index in [1.54, 1.807) is 5.57 Å². The minimum absolute atomic E-state index is 0.403. The van der Waals surface area contributed by atoms with E-state index < -0.39 is 0 Å². The van der Waals surface area contributed by atoms with Gasteiger partial charge < -0.3 is 0 Å². The van der Waals surface area contributed by atoms with E-state index in [0.29, 0.717) is 5.41 Å². The molecule has 0 radical (unpaired) electrons. The van der Waals surface area contributed by atoms with Crippen molar-refractivity contribution in [3.63, 3.8) is 0 Å². The van der Waals surface area contributed by atoms with Crippen LogP contribution >= 0.6 is 0 Å². The molecule has 0 aromatic heterocycles. The Kier molecular flexibility index (Phi) is 3.20. The second-order valence-corrected chi connectivity index (χ2v) is 7.25. The van der Waals surface area contributed by atoms with Gasteiger partial charge in [0.15, 0.2) is 0 Å². The van der Waals surface area contributed by atoms with Gasteiger partial charge in [-0.15, -0.1) is 0 Å². The Labute approximate surface area is 102 Å². The molecular weight excluding hydrogens is 192 g/mol. The van der Waals surface area contributed by atoms with Crippen LogP contribution in [0.4, 0.5) is 0 Å². The van der Waals surface area contributed by atoms with E-state index >= 15 is 0 Å². The summed E-state index contributed by atoms with van der Waals surface area (Å²) < 4.78 is 0. The van der Waals surface area contributed by atoms with E-state index in [-0.39, 0.29) is 0 Å². The van der Waals surface area contributed by atoms with Crippen LogP contribution in [0.5, 0.6) is 0 Å². The fraction of sp³-hybridized carbons (Fsp3) is 0.875. The van der Waals surface area contributed by atoms with Crippen LogP contribution in [0, 0.1) is 29.1 Å². The van der Waals surface area contributed by atoms with E-state index in [9.17, 15) is 0 Å². The fourth-order valence-electron chi connectivity index (χ4n) is 3.99. The minimum atomic E-state index is 0.403. The molecule has 0 N–H and O–H groups in total. The maximum absolute atomic E-state index is 2.64. The first-order valence-electron chi connectivity index (χ1n) is 7.11. The van der Waals surface area contributed by atoms with E-state index in [1.165, 1.54) is 25.7 Å². The van der Waals surface area contributed by atoms with E-state index in [0.717, 1.165) is 23.7 Å². The molecule has 0 saturated heterocycles. The Balaban J connectivity index is 2.10. The van der Waals surface area contributed by atoms with Gasteiger partial charge in [-0.3, -0.25) is 0 Å². The lowest BCUT2D eigenvalue weighted by Crippen LogP contribution is -2.19. The van der Waals surface area contributed by atoms with Crippen LogP contribution in [0.1, 0.15) is 60.3 Å². The lowest BCUT2D eigenvalue weighted by Gasteiger charge is -2.25. The summed E-state index contributed by atoms with van der Waals surface area (Å²) in [6, 6.07) is 0. The van der Waals surface area contributed by atoms with Gasteiger partial charge in [0.1, 0.15) is 0 Å². The molecule has 1 fully saturated rings. The fourth-order valence-corrected chi connectivity index (χ4v) is 3.99. The van der Waals surface area contributed by atoms with Gasteiger partial charge in [-0.25, -0.2) is 0 Å². The predicted octanol–water partition coefficient (Wildman–Crippen LogP) is 5.05. The number of hydrogen-bond donors (Lipinski definition) is 0. The summed E-state index contributed by atoms with van der Waals surface area (Å²) in [4.78, 5) is 0. The van der Waals surface area contributed by atoms with Crippen molar-refractivity contribution >= 4 is 0 Å². The average Bonchev–Trinajstić information content (AvgIpc) is 2.72. The molecule has 92 valence electrons. The van der Waals surface area contributed by atoms with Gasteiger partial charge in [0.2, 0.25) is 0 Å². The number of hydrogen-bond acceptors (Lipinski definition) is 0. The topological polar surface area (TPSA) is 0 Å². The Bertz CT molecular complexity index is 269. The summed E-state index contributed by atoms with van der Waals surface area (Å²) >= 11 is 0. The highest BCUT2D eigenvalue weighted by atomic mass is 14.4. The zero-order chi connectivity index (χ0) is 11.9. The average molecular weight is 220 g/mol. The van der Waals surface area contributed by atoms with Gasteiger partial charge in [0.05, 0.1) is 0 Å². The molecule has 2 rings (SSSR count). The molecule has 0 aromatic rings. The van der Waals surface area contributed by atoms with Crippen LogP contribution in [0.2, 0.25) is 0 Å². The zero-order valence-electron chi connectivity index (χ0n) is 11.7. The standard InChI is InChI=1S/C16H28/c1-11-6-7-12(2)15(11)13-8-9-14(10-13)16(3,4)5/h10-13,15H,6-9H2,1-5H3. The Morgan fingerprint density at radius 3 is 2.00 bits per heavy atom. The summed E-state index contributed by atoms with van der Waals surface area (Å²) in [5.41, 5.74) is 2.11. The van der Waals surface area contributed by atoms with Gasteiger partial charge in [-0.1, -0.05) is 59.1 Å². The third-order valence-corrected chi connectivity index (χ3v) is 5.01. The monoisotopic (exact) mass is 220 g/mol. The predicted molar refractivity (Wildman–Crippen MR) is 71.3 cm³/mol. The van der Waals surface area contributed by atoms with Crippen molar-refractivity contribution < 1.29 is 0 Å². The molecule has 3 unspecified atom stereocenters. The molecule has 2 aliphatic rings. The third-order valence-electron chi connectivity index (χ3n) is 5.01. The molecular formula is C16H28. The summed E-state index contributed by atoms with van der Waals surface area (Å²) in [6.45, 7) is 12.0. The highest BCUT2D eigenvalue weighted by Gasteiger charge is 2.38. The van der Waals surface area contributed by atoms with Crippen LogP contribution in [0.25, 0.3) is 0 Å². The van der Waals surface area contributed by atoms with Gasteiger partial charge in [-0.2, -0.15) is 0 Å². The van der Waals surface area contributed by atoms with Crippen LogP contribution < -0.4 is 0 Å². The Morgan fingerprint density at radius 1 is 1.00 bits per heavy atom. The maximum atomic E-state index is 2.64. The molecule has 0 spiro atoms. The first-order valence-corrected chi connectivity index (χ1v) is 7.11. The molecule has 3 atom stereocenters. The molecule has 0 amide bonds. The molecule has 1 saturated carbocycles. The van der Waals surface area contributed by atoms with E-state index in [4.69, 9.17) is 0 Å². The molecule has 0 heterocycles. The van der Waals surface area contributed by atoms with Crippen molar-refractivity contribution in [2.45, 2.75) is 60.3 Å². The number of allylic oxidation sites excluding steroid dienone is 2. The van der Waals surface area contributed by atoms with Crippen LogP contribution in [0.3, 0.4) is 0 Å². The normalized spacial score (nSPS) is 40.2. The van der Waals surface area contributed by atoms with Crippen molar-refractivity contribution in [2.24, 2.45) is 29.1 Å². The van der Waals surface area contributed by atoms with Crippen LogP contribution in [-0.2, 0) is 0 Å². The molecule has 16 heavy (non-hydrogen) atoms. The molecule has 0 heteroatoms. The largest absolute Gasteiger partial charge is 0.0814 e. The van der Waals surface area contributed by atoms with Crippen LogP contribution in [0.15, 0.2) is 11.6 Å². The van der Waals surface area contributed by atoms with E-state index in [2.05, 4.69) is 40.7 Å². The smallest absolute Gasteiger partial charge is 0.0173 e. The van der Waals surface area contributed by atoms with Crippen molar-refractivity contribution in [2.75, 3.05) is 0 Å². The third kappa shape index (κ3) is 2.21. The Hall–Kier alpha value is -0.260. The van der Waals surface area contributed by atoms with Gasteiger partial charge in [0.25, 0.3) is 0 Å². The molecule has 2 aliphatic carbocycles. The molecule has 0 nitrogen and oxygen atoms in total. The number of rotatable bonds is 1. The van der Waals surface area contributed by atoms with Gasteiger partial charge >= 0.3 is 0 Å². The maximum Gasteiger partial charge on any atom is -0.0173 e. The van der Waals surface area contributed by atoms with E-state index in [1.807, 2.05) is 0 Å². The lowest BCUT2D eigenvalue weighted by atomic mass is 9.79. The lowest BCUT2D eigenvalue weighted by molar-refractivity contribution is 0.261. The molecule has 0 aliphatic heterocycles. The summed E-state index contributed by atoms with van der Waals surface area (Å²) in [6.07, 6.45) is 8.33. The highest BCUT2D eigenvalue weighted by molar-refractivity contribution is 5.19. The van der Waals surface area contributed by atoms with Gasteiger partial charge in [0, 0.05) is 0 Å². The molecule has 0 bridgehead atoms. The first-order chi connectivity index (χ1) is 7.39. The summed E-state index contributed by atoms with van der Waals surface area (Å²) in [7, 11) is 0. The van der Waals surface area contributed by atoms with Crippen molar-refractivity contribution in [3.8, 4) is 0 Å². The SMILES string of the molecule is CC1CCC(C)C1C1C=C(C(C)(C)C)CC1. The summed E-state index contributed by atoms with van der Waals surface area (Å²) in [5, 5.41) is 0. The second-order valence-electron chi connectivity index (χ2n) is 7.25. The van der Waals surface area contributed by atoms with Crippen LogP contribution in [-0.4, -0.2) is 0 Å². The Morgan fingerprint density at radius 2 is 1.56 bits per heavy atom. The minimum Gasteiger partial charge on any atom is -0.0814 e. The van der Waals surface area contributed by atoms with Crippen molar-refractivity contribution in [1.29, 1.82) is 0 Å². The van der Waals surface area contributed by atoms with Crippen molar-refractivity contribution in [1.82, 2.24) is 0 Å². The van der Waals surface area contributed by atoms with Gasteiger partial charge in [-0.05, 0) is 41.9 Å². The molecule has 0 aromatic carbocycles.